The number of nitrogens with one attached hydrogen (secondary N) is 1. The van der Waals surface area contributed by atoms with Crippen molar-refractivity contribution in [3.8, 4) is 0 Å². The van der Waals surface area contributed by atoms with Crippen molar-refractivity contribution in [2.45, 2.75) is 37.8 Å². The first-order valence-electron chi connectivity index (χ1n) is 8.36. The lowest BCUT2D eigenvalue weighted by atomic mass is 9.93. The summed E-state index contributed by atoms with van der Waals surface area (Å²) in [6.07, 6.45) is 0.683. The number of nitrogens with two attached hydrogens (primary N) is 1. The third-order valence-corrected chi connectivity index (χ3v) is 4.05. The first kappa shape index (κ1) is 21.2. The van der Waals surface area contributed by atoms with Gasteiger partial charge in [-0.2, -0.15) is 0 Å². The minimum atomic E-state index is -0.574. The first-order chi connectivity index (χ1) is 11.6. The van der Waals surface area contributed by atoms with Crippen molar-refractivity contribution < 1.29 is 9.90 Å². The van der Waals surface area contributed by atoms with Crippen LogP contribution in [-0.2, 0) is 11.2 Å². The lowest BCUT2D eigenvalue weighted by Gasteiger charge is -2.21. The zero-order chi connectivity index (χ0) is 17.4. The lowest BCUT2D eigenvalue weighted by molar-refractivity contribution is -0.122. The number of carbonyl (C=O) groups excluding carboxylic acids is 1. The molecule has 0 saturated carbocycles. The van der Waals surface area contributed by atoms with Crippen LogP contribution in [0.25, 0.3) is 0 Å². The summed E-state index contributed by atoms with van der Waals surface area (Å²) in [4.78, 5) is 12.3. The van der Waals surface area contributed by atoms with Crippen molar-refractivity contribution in [2.75, 3.05) is 6.54 Å². The monoisotopic (exact) mass is 362 g/mol. The molecule has 2 unspecified atom stereocenters. The van der Waals surface area contributed by atoms with E-state index in [0.29, 0.717) is 19.4 Å². The SMILES string of the molecule is CC(O)CC(CNC(=O)[C@@H](N)Cc1ccccc1)c1ccccc1.Cl. The molecule has 0 heterocycles. The van der Waals surface area contributed by atoms with Crippen molar-refractivity contribution >= 4 is 18.3 Å². The van der Waals surface area contributed by atoms with Crippen LogP contribution in [0.3, 0.4) is 0 Å². The van der Waals surface area contributed by atoms with Crippen LogP contribution >= 0.6 is 12.4 Å². The van der Waals surface area contributed by atoms with Crippen molar-refractivity contribution in [1.29, 1.82) is 0 Å². The predicted molar refractivity (Wildman–Crippen MR) is 104 cm³/mol. The molecule has 0 aliphatic carbocycles. The van der Waals surface area contributed by atoms with E-state index in [1.807, 2.05) is 60.7 Å². The number of aliphatic hydroxyl groups excluding tert-OH is 1. The average molecular weight is 363 g/mol. The Morgan fingerprint density at radius 3 is 2.20 bits per heavy atom. The van der Waals surface area contributed by atoms with Crippen molar-refractivity contribution in [2.24, 2.45) is 5.73 Å². The second-order valence-electron chi connectivity index (χ2n) is 6.23. The highest BCUT2D eigenvalue weighted by atomic mass is 35.5. The highest BCUT2D eigenvalue weighted by molar-refractivity contribution is 5.85. The van der Waals surface area contributed by atoms with Crippen LogP contribution in [0.15, 0.2) is 60.7 Å². The van der Waals surface area contributed by atoms with E-state index < -0.39 is 12.1 Å². The summed E-state index contributed by atoms with van der Waals surface area (Å²) < 4.78 is 0. The molecule has 0 aromatic heterocycles. The number of amides is 1. The second-order valence-corrected chi connectivity index (χ2v) is 6.23. The normalized spacial score (nSPS) is 14.0. The zero-order valence-corrected chi connectivity index (χ0v) is 15.3. The van der Waals surface area contributed by atoms with Gasteiger partial charge in [-0.25, -0.2) is 0 Å². The summed E-state index contributed by atoms with van der Waals surface area (Å²) in [5.74, 6) is -0.0931. The number of benzene rings is 2. The third kappa shape index (κ3) is 7.26. The standard InChI is InChI=1S/C20H26N2O2.ClH/c1-15(23)12-18(17-10-6-3-7-11-17)14-22-20(24)19(21)13-16-8-4-2-5-9-16;/h2-11,15,18-19,23H,12-14,21H2,1H3,(H,22,24);1H/t15?,18?,19-;/m0./s1. The van der Waals surface area contributed by atoms with Gasteiger partial charge in [-0.05, 0) is 30.9 Å². The Bertz CT molecular complexity index is 620. The molecule has 25 heavy (non-hydrogen) atoms. The number of halogens is 1. The Morgan fingerprint density at radius 2 is 1.64 bits per heavy atom. The number of hydrogen-bond acceptors (Lipinski definition) is 3. The molecule has 0 spiro atoms. The lowest BCUT2D eigenvalue weighted by Crippen LogP contribution is -2.43. The van der Waals surface area contributed by atoms with Gasteiger partial charge in [0.15, 0.2) is 0 Å². The zero-order valence-electron chi connectivity index (χ0n) is 14.5. The van der Waals surface area contributed by atoms with E-state index in [0.717, 1.165) is 11.1 Å². The molecule has 0 saturated heterocycles. The number of hydrogen-bond donors (Lipinski definition) is 3. The van der Waals surface area contributed by atoms with Crippen molar-refractivity contribution in [3.63, 3.8) is 0 Å². The van der Waals surface area contributed by atoms with Gasteiger partial charge in [-0.1, -0.05) is 60.7 Å². The molecule has 4 N–H and O–H groups in total. The van der Waals surface area contributed by atoms with E-state index in [1.54, 1.807) is 6.92 Å². The predicted octanol–water partition coefficient (Wildman–Crippen LogP) is 2.65. The molecule has 0 aliphatic rings. The van der Waals surface area contributed by atoms with Gasteiger partial charge in [0.2, 0.25) is 5.91 Å². The van der Waals surface area contributed by atoms with E-state index in [2.05, 4.69) is 5.32 Å². The number of carbonyl (C=O) groups is 1. The summed E-state index contributed by atoms with van der Waals surface area (Å²) >= 11 is 0. The Morgan fingerprint density at radius 1 is 1.08 bits per heavy atom. The highest BCUT2D eigenvalue weighted by Crippen LogP contribution is 2.20. The van der Waals surface area contributed by atoms with E-state index in [-0.39, 0.29) is 24.2 Å². The van der Waals surface area contributed by atoms with E-state index in [9.17, 15) is 9.90 Å². The topological polar surface area (TPSA) is 75.3 Å². The number of aliphatic hydroxyl groups is 1. The third-order valence-electron chi connectivity index (χ3n) is 4.05. The summed E-state index contributed by atoms with van der Waals surface area (Å²) in [7, 11) is 0. The molecule has 2 rings (SSSR count). The number of rotatable bonds is 8. The maximum Gasteiger partial charge on any atom is 0.237 e. The van der Waals surface area contributed by atoms with E-state index in [4.69, 9.17) is 5.73 Å². The second kappa shape index (κ2) is 10.9. The van der Waals surface area contributed by atoms with Crippen molar-refractivity contribution in [3.05, 3.63) is 71.8 Å². The van der Waals surface area contributed by atoms with E-state index >= 15 is 0 Å². The van der Waals surface area contributed by atoms with Crippen LogP contribution in [0.1, 0.15) is 30.4 Å². The first-order valence-corrected chi connectivity index (χ1v) is 8.36. The quantitative estimate of drug-likeness (QED) is 0.675. The van der Waals surface area contributed by atoms with Gasteiger partial charge in [0.25, 0.3) is 0 Å². The summed E-state index contributed by atoms with van der Waals surface area (Å²) in [6, 6.07) is 19.1. The molecule has 0 bridgehead atoms. The summed E-state index contributed by atoms with van der Waals surface area (Å²) in [5, 5.41) is 12.6. The maximum absolute atomic E-state index is 12.3. The van der Waals surface area contributed by atoms with Gasteiger partial charge in [-0.15, -0.1) is 12.4 Å². The van der Waals surface area contributed by atoms with Gasteiger partial charge in [-0.3, -0.25) is 4.79 Å². The molecule has 2 aromatic rings. The summed E-state index contributed by atoms with van der Waals surface area (Å²) in [5.41, 5.74) is 8.17. The molecule has 1 amide bonds. The van der Waals surface area contributed by atoms with Crippen LogP contribution in [0.4, 0.5) is 0 Å². The molecule has 3 atom stereocenters. The molecule has 0 radical (unpaired) electrons. The molecular weight excluding hydrogens is 336 g/mol. The van der Waals surface area contributed by atoms with Crippen LogP contribution in [0.5, 0.6) is 0 Å². The average Bonchev–Trinajstić information content (AvgIpc) is 2.59. The molecule has 4 nitrogen and oxygen atoms in total. The minimum Gasteiger partial charge on any atom is -0.393 e. The summed E-state index contributed by atoms with van der Waals surface area (Å²) in [6.45, 7) is 2.23. The highest BCUT2D eigenvalue weighted by Gasteiger charge is 2.18. The van der Waals surface area contributed by atoms with E-state index in [1.165, 1.54) is 0 Å². The Labute approximate surface area is 155 Å². The smallest absolute Gasteiger partial charge is 0.237 e. The maximum atomic E-state index is 12.3. The molecule has 5 heteroatoms. The van der Waals surface area contributed by atoms with Crippen LogP contribution in [-0.4, -0.2) is 29.7 Å². The van der Waals surface area contributed by atoms with Gasteiger partial charge in [0, 0.05) is 12.5 Å². The van der Waals surface area contributed by atoms with Gasteiger partial charge >= 0.3 is 0 Å². The van der Waals surface area contributed by atoms with Crippen molar-refractivity contribution in [1.82, 2.24) is 5.32 Å². The fraction of sp³-hybridized carbons (Fsp3) is 0.350. The van der Waals surface area contributed by atoms with Gasteiger partial charge < -0.3 is 16.2 Å². The fourth-order valence-corrected chi connectivity index (χ4v) is 2.79. The molecule has 0 fully saturated rings. The van der Waals surface area contributed by atoms with Crippen LogP contribution < -0.4 is 11.1 Å². The molecular formula is C20H27ClN2O2. The Balaban J connectivity index is 0.00000312. The van der Waals surface area contributed by atoms with Gasteiger partial charge in [0.05, 0.1) is 12.1 Å². The molecule has 0 aliphatic heterocycles. The molecule has 2 aromatic carbocycles. The van der Waals surface area contributed by atoms with Crippen LogP contribution in [0, 0.1) is 0 Å². The minimum absolute atomic E-state index is 0. The van der Waals surface area contributed by atoms with Crippen LogP contribution in [0.2, 0.25) is 0 Å². The Kier molecular flexibility index (Phi) is 9.21. The fourth-order valence-electron chi connectivity index (χ4n) is 2.79. The van der Waals surface area contributed by atoms with Gasteiger partial charge in [0.1, 0.15) is 0 Å². The largest absolute Gasteiger partial charge is 0.393 e. The molecule has 136 valence electrons. The Hall–Kier alpha value is -1.88.